The Morgan fingerprint density at radius 2 is 1.94 bits per heavy atom. The summed E-state index contributed by atoms with van der Waals surface area (Å²) in [6.45, 7) is 3.46. The molecule has 3 aromatic heterocycles. The van der Waals surface area contributed by atoms with Gasteiger partial charge in [-0.3, -0.25) is 9.59 Å². The summed E-state index contributed by atoms with van der Waals surface area (Å²) in [5.41, 5.74) is 5.52. The van der Waals surface area contributed by atoms with Crippen molar-refractivity contribution < 1.29 is 24.2 Å². The summed E-state index contributed by atoms with van der Waals surface area (Å²) in [7, 11) is 0. The van der Waals surface area contributed by atoms with Gasteiger partial charge in [-0.25, -0.2) is 14.5 Å². The van der Waals surface area contributed by atoms with Gasteiger partial charge in [0.1, 0.15) is 18.5 Å². The Labute approximate surface area is 196 Å². The van der Waals surface area contributed by atoms with E-state index in [1.165, 1.54) is 18.6 Å². The number of fused-ring (bicyclic) bond motifs is 1. The van der Waals surface area contributed by atoms with Gasteiger partial charge in [-0.2, -0.15) is 5.10 Å². The number of ether oxygens (including phenoxy) is 2. The first-order chi connectivity index (χ1) is 16.2. The third-order valence-electron chi connectivity index (χ3n) is 5.51. The summed E-state index contributed by atoms with van der Waals surface area (Å²) >= 11 is 0. The van der Waals surface area contributed by atoms with Crippen LogP contribution in [0.3, 0.4) is 0 Å². The number of hydrogen-bond acceptors (Lipinski definition) is 8. The van der Waals surface area contributed by atoms with Crippen molar-refractivity contribution in [2.24, 2.45) is 5.73 Å². The number of carbonyl (C=O) groups excluding carboxylic acids is 2. The van der Waals surface area contributed by atoms with Gasteiger partial charge >= 0.3 is 0 Å². The maximum atomic E-state index is 12.9. The van der Waals surface area contributed by atoms with Gasteiger partial charge in [0.05, 0.1) is 29.1 Å². The lowest BCUT2D eigenvalue weighted by molar-refractivity contribution is 0.0283. The van der Waals surface area contributed by atoms with Crippen LogP contribution in [0.15, 0.2) is 36.9 Å². The van der Waals surface area contributed by atoms with Crippen LogP contribution in [0.2, 0.25) is 0 Å². The largest absolute Gasteiger partial charge is 0.489 e. The Bertz CT molecular complexity index is 1180. The first-order valence-corrected chi connectivity index (χ1v) is 11.1. The molecule has 1 aliphatic carbocycles. The summed E-state index contributed by atoms with van der Waals surface area (Å²) < 4.78 is 13.0. The number of nitrogens with two attached hydrogens (primary N) is 1. The predicted molar refractivity (Wildman–Crippen MR) is 122 cm³/mol. The third-order valence-corrected chi connectivity index (χ3v) is 5.51. The van der Waals surface area contributed by atoms with E-state index in [0.29, 0.717) is 29.7 Å². The standard InChI is InChI=1S/C23H28N6O5/c1-23(2,32)13-33-16-7-8-18-17(11-27-29(18)12-16)21(31)28-14-3-5-15(6-4-14)34-22-19(20(24)30)25-9-10-26-22/h7-12,14-15,32H,3-6,13H2,1-2H3,(H2,24,30)(H,28,31). The van der Waals surface area contributed by atoms with Crippen molar-refractivity contribution in [1.29, 1.82) is 0 Å². The first-order valence-electron chi connectivity index (χ1n) is 11.1. The molecule has 0 atom stereocenters. The topological polar surface area (TPSA) is 154 Å². The van der Waals surface area contributed by atoms with Crippen molar-refractivity contribution in [2.75, 3.05) is 6.61 Å². The lowest BCUT2D eigenvalue weighted by Crippen LogP contribution is -2.39. The van der Waals surface area contributed by atoms with Gasteiger partial charge in [0.2, 0.25) is 5.88 Å². The molecule has 34 heavy (non-hydrogen) atoms. The van der Waals surface area contributed by atoms with E-state index < -0.39 is 11.5 Å². The van der Waals surface area contributed by atoms with Crippen LogP contribution in [0.5, 0.6) is 11.6 Å². The molecule has 2 amide bonds. The molecule has 1 aliphatic rings. The maximum Gasteiger partial charge on any atom is 0.272 e. The average molecular weight is 469 g/mol. The van der Waals surface area contributed by atoms with Crippen LogP contribution in [-0.2, 0) is 0 Å². The number of aliphatic hydroxyl groups is 1. The van der Waals surface area contributed by atoms with Crippen molar-refractivity contribution in [2.45, 2.75) is 57.3 Å². The molecule has 0 unspecified atom stereocenters. The molecule has 180 valence electrons. The fourth-order valence-electron chi connectivity index (χ4n) is 3.81. The Morgan fingerprint density at radius 1 is 1.21 bits per heavy atom. The highest BCUT2D eigenvalue weighted by atomic mass is 16.5. The van der Waals surface area contributed by atoms with Gasteiger partial charge < -0.3 is 25.6 Å². The predicted octanol–water partition coefficient (Wildman–Crippen LogP) is 1.49. The maximum absolute atomic E-state index is 12.9. The van der Waals surface area contributed by atoms with Crippen LogP contribution < -0.4 is 20.5 Å². The van der Waals surface area contributed by atoms with E-state index in [-0.39, 0.29) is 36.2 Å². The molecule has 3 heterocycles. The summed E-state index contributed by atoms with van der Waals surface area (Å²) in [4.78, 5) is 32.4. The molecule has 11 nitrogen and oxygen atoms in total. The summed E-state index contributed by atoms with van der Waals surface area (Å²) in [5.74, 6) is -0.201. The third kappa shape index (κ3) is 5.60. The second-order valence-electron chi connectivity index (χ2n) is 8.99. The second kappa shape index (κ2) is 9.64. The smallest absolute Gasteiger partial charge is 0.272 e. The molecule has 0 aliphatic heterocycles. The zero-order chi connectivity index (χ0) is 24.3. The molecule has 4 rings (SSSR count). The summed E-state index contributed by atoms with van der Waals surface area (Å²) in [6, 6.07) is 3.51. The molecule has 3 aromatic rings. The van der Waals surface area contributed by atoms with Gasteiger partial charge in [-0.1, -0.05) is 0 Å². The monoisotopic (exact) mass is 468 g/mol. The van der Waals surface area contributed by atoms with Crippen molar-refractivity contribution >= 4 is 17.3 Å². The number of pyridine rings is 1. The number of carbonyl (C=O) groups is 2. The van der Waals surface area contributed by atoms with E-state index in [1.54, 1.807) is 36.7 Å². The SMILES string of the molecule is CC(C)(O)COc1ccc2c(C(=O)NC3CCC(Oc4nccnc4C(N)=O)CC3)cnn2c1. The molecular formula is C23H28N6O5. The molecule has 0 spiro atoms. The Kier molecular flexibility index (Phi) is 6.64. The number of primary amides is 1. The van der Waals surface area contributed by atoms with Crippen LogP contribution in [0.1, 0.15) is 60.4 Å². The molecule has 0 saturated heterocycles. The number of hydrogen-bond donors (Lipinski definition) is 3. The fraction of sp³-hybridized carbons (Fsp3) is 0.435. The molecule has 0 radical (unpaired) electrons. The van der Waals surface area contributed by atoms with E-state index in [0.717, 1.165) is 12.8 Å². The van der Waals surface area contributed by atoms with E-state index in [1.807, 2.05) is 0 Å². The first kappa shape index (κ1) is 23.4. The summed E-state index contributed by atoms with van der Waals surface area (Å²) in [5, 5.41) is 17.2. The highest BCUT2D eigenvalue weighted by Crippen LogP contribution is 2.25. The number of nitrogens with zero attached hydrogens (tertiary/aromatic N) is 4. The molecule has 4 N–H and O–H groups in total. The Balaban J connectivity index is 1.33. The molecule has 1 saturated carbocycles. The number of rotatable bonds is 8. The van der Waals surface area contributed by atoms with E-state index in [2.05, 4.69) is 20.4 Å². The highest BCUT2D eigenvalue weighted by Gasteiger charge is 2.26. The molecule has 0 bridgehead atoms. The Morgan fingerprint density at radius 3 is 2.65 bits per heavy atom. The van der Waals surface area contributed by atoms with Gasteiger partial charge in [-0.15, -0.1) is 0 Å². The van der Waals surface area contributed by atoms with E-state index in [4.69, 9.17) is 15.2 Å². The van der Waals surface area contributed by atoms with Crippen LogP contribution in [0.25, 0.3) is 5.52 Å². The van der Waals surface area contributed by atoms with Crippen LogP contribution in [0, 0.1) is 0 Å². The van der Waals surface area contributed by atoms with Crippen molar-refractivity contribution in [3.05, 3.63) is 48.2 Å². The number of amides is 2. The number of aromatic nitrogens is 4. The van der Waals surface area contributed by atoms with Gasteiger partial charge in [0.25, 0.3) is 11.8 Å². The molecule has 0 aromatic carbocycles. The molecule has 11 heteroatoms. The van der Waals surface area contributed by atoms with Gasteiger partial charge in [0, 0.05) is 18.4 Å². The second-order valence-corrected chi connectivity index (χ2v) is 8.99. The minimum atomic E-state index is -0.952. The molecular weight excluding hydrogens is 440 g/mol. The zero-order valence-electron chi connectivity index (χ0n) is 19.1. The van der Waals surface area contributed by atoms with E-state index in [9.17, 15) is 14.7 Å². The summed E-state index contributed by atoms with van der Waals surface area (Å²) in [6.07, 6.45) is 8.73. The van der Waals surface area contributed by atoms with Crippen LogP contribution >= 0.6 is 0 Å². The van der Waals surface area contributed by atoms with Crippen LogP contribution in [-0.4, -0.2) is 60.9 Å². The average Bonchev–Trinajstić information content (AvgIpc) is 3.22. The lowest BCUT2D eigenvalue weighted by Gasteiger charge is -2.29. The lowest BCUT2D eigenvalue weighted by atomic mass is 9.92. The van der Waals surface area contributed by atoms with Gasteiger partial charge in [-0.05, 0) is 51.7 Å². The zero-order valence-corrected chi connectivity index (χ0v) is 19.1. The van der Waals surface area contributed by atoms with Crippen LogP contribution in [0.4, 0.5) is 0 Å². The minimum Gasteiger partial charge on any atom is -0.489 e. The number of nitrogens with one attached hydrogen (secondary N) is 1. The Hall–Kier alpha value is -3.73. The van der Waals surface area contributed by atoms with Crippen molar-refractivity contribution in [3.63, 3.8) is 0 Å². The van der Waals surface area contributed by atoms with Crippen molar-refractivity contribution in [3.8, 4) is 11.6 Å². The van der Waals surface area contributed by atoms with E-state index >= 15 is 0 Å². The normalized spacial score (nSPS) is 18.4. The molecule has 1 fully saturated rings. The quantitative estimate of drug-likeness (QED) is 0.449. The van der Waals surface area contributed by atoms with Gasteiger partial charge in [0.15, 0.2) is 5.69 Å². The highest BCUT2D eigenvalue weighted by molar-refractivity contribution is 6.00. The minimum absolute atomic E-state index is 0.00541. The fourth-order valence-corrected chi connectivity index (χ4v) is 3.81. The van der Waals surface area contributed by atoms with Crippen molar-refractivity contribution in [1.82, 2.24) is 24.9 Å².